The molecule has 1 unspecified atom stereocenters. The van der Waals surface area contributed by atoms with E-state index < -0.39 is 0 Å². The summed E-state index contributed by atoms with van der Waals surface area (Å²) < 4.78 is 12.6. The molecule has 0 fully saturated rings. The molecule has 0 aliphatic carbocycles. The van der Waals surface area contributed by atoms with Crippen LogP contribution in [0.15, 0.2) is 24.3 Å². The van der Waals surface area contributed by atoms with Gasteiger partial charge in [-0.3, -0.25) is 15.6 Å². The van der Waals surface area contributed by atoms with Crippen LogP contribution in [-0.2, 0) is 4.79 Å². The van der Waals surface area contributed by atoms with E-state index in [1.165, 1.54) is 12.1 Å². The number of carbonyl (C=O) groups is 1. The lowest BCUT2D eigenvalue weighted by Gasteiger charge is -2.10. The molecule has 94 valence electrons. The van der Waals surface area contributed by atoms with Gasteiger partial charge in [0.15, 0.2) is 0 Å². The molecule has 0 heterocycles. The summed E-state index contributed by atoms with van der Waals surface area (Å²) in [6, 6.07) is 5.83. The van der Waals surface area contributed by atoms with Gasteiger partial charge in [0.1, 0.15) is 5.82 Å². The van der Waals surface area contributed by atoms with Crippen molar-refractivity contribution in [2.75, 3.05) is 5.43 Å². The highest BCUT2D eigenvalue weighted by atomic mass is 19.1. The SMILES string of the molecule is CCC(C)CCC(=O)NNc1ccc(F)cc1. The van der Waals surface area contributed by atoms with Crippen LogP contribution in [0.4, 0.5) is 10.1 Å². The number of nitrogens with one attached hydrogen (secondary N) is 2. The second-order valence-electron chi connectivity index (χ2n) is 4.23. The second-order valence-corrected chi connectivity index (χ2v) is 4.23. The van der Waals surface area contributed by atoms with Crippen LogP contribution < -0.4 is 10.9 Å². The number of hydrogen-bond acceptors (Lipinski definition) is 2. The van der Waals surface area contributed by atoms with E-state index >= 15 is 0 Å². The molecule has 0 spiro atoms. The number of hydrazine groups is 1. The molecule has 0 aromatic heterocycles. The van der Waals surface area contributed by atoms with Gasteiger partial charge in [-0.05, 0) is 36.6 Å². The first-order valence-corrected chi connectivity index (χ1v) is 5.92. The summed E-state index contributed by atoms with van der Waals surface area (Å²) in [5, 5.41) is 0. The molecule has 1 amide bonds. The molecule has 1 aromatic rings. The van der Waals surface area contributed by atoms with Gasteiger partial charge in [0.05, 0.1) is 5.69 Å². The minimum absolute atomic E-state index is 0.0466. The Morgan fingerprint density at radius 1 is 1.35 bits per heavy atom. The van der Waals surface area contributed by atoms with Crippen LogP contribution in [0.2, 0.25) is 0 Å². The Morgan fingerprint density at radius 2 is 2.00 bits per heavy atom. The van der Waals surface area contributed by atoms with Crippen LogP contribution in [0.5, 0.6) is 0 Å². The summed E-state index contributed by atoms with van der Waals surface area (Å²) in [5.74, 6) is 0.222. The largest absolute Gasteiger partial charge is 0.299 e. The Hall–Kier alpha value is -1.58. The molecular formula is C13H19FN2O. The van der Waals surface area contributed by atoms with Crippen LogP contribution in [0.25, 0.3) is 0 Å². The molecule has 4 heteroatoms. The Morgan fingerprint density at radius 3 is 2.59 bits per heavy atom. The van der Waals surface area contributed by atoms with Crippen molar-refractivity contribution in [2.24, 2.45) is 5.92 Å². The summed E-state index contributed by atoms with van der Waals surface area (Å²) in [5.41, 5.74) is 6.00. The smallest absolute Gasteiger partial charge is 0.238 e. The van der Waals surface area contributed by atoms with Gasteiger partial charge in [-0.15, -0.1) is 0 Å². The Bertz CT molecular complexity index is 351. The second kappa shape index (κ2) is 6.89. The van der Waals surface area contributed by atoms with E-state index in [4.69, 9.17) is 0 Å². The highest BCUT2D eigenvalue weighted by Gasteiger charge is 2.04. The number of rotatable bonds is 6. The maximum Gasteiger partial charge on any atom is 0.238 e. The maximum absolute atomic E-state index is 12.6. The van der Waals surface area contributed by atoms with E-state index in [2.05, 4.69) is 24.7 Å². The van der Waals surface area contributed by atoms with Crippen molar-refractivity contribution in [1.29, 1.82) is 0 Å². The van der Waals surface area contributed by atoms with Crippen molar-refractivity contribution >= 4 is 11.6 Å². The van der Waals surface area contributed by atoms with Gasteiger partial charge in [0.2, 0.25) is 5.91 Å². The lowest BCUT2D eigenvalue weighted by atomic mass is 10.0. The lowest BCUT2D eigenvalue weighted by molar-refractivity contribution is -0.120. The Labute approximate surface area is 101 Å². The molecule has 0 bridgehead atoms. The number of halogens is 1. The van der Waals surface area contributed by atoms with Crippen molar-refractivity contribution in [2.45, 2.75) is 33.1 Å². The monoisotopic (exact) mass is 238 g/mol. The third kappa shape index (κ3) is 5.33. The topological polar surface area (TPSA) is 41.1 Å². The first kappa shape index (κ1) is 13.5. The maximum atomic E-state index is 12.6. The van der Waals surface area contributed by atoms with Gasteiger partial charge in [-0.1, -0.05) is 20.3 Å². The zero-order valence-corrected chi connectivity index (χ0v) is 10.3. The van der Waals surface area contributed by atoms with Gasteiger partial charge in [-0.2, -0.15) is 0 Å². The lowest BCUT2D eigenvalue weighted by Crippen LogP contribution is -2.29. The fourth-order valence-electron chi connectivity index (χ4n) is 1.32. The summed E-state index contributed by atoms with van der Waals surface area (Å²) in [4.78, 5) is 11.5. The predicted octanol–water partition coefficient (Wildman–Crippen LogP) is 3.10. The van der Waals surface area contributed by atoms with Crippen LogP contribution in [0, 0.1) is 11.7 Å². The number of benzene rings is 1. The van der Waals surface area contributed by atoms with Gasteiger partial charge >= 0.3 is 0 Å². The molecule has 1 atom stereocenters. The molecular weight excluding hydrogens is 219 g/mol. The molecule has 1 rings (SSSR count). The van der Waals surface area contributed by atoms with Crippen molar-refractivity contribution in [1.82, 2.24) is 5.43 Å². The first-order valence-electron chi connectivity index (χ1n) is 5.92. The Kier molecular flexibility index (Phi) is 5.46. The normalized spacial score (nSPS) is 11.9. The number of amides is 1. The minimum Gasteiger partial charge on any atom is -0.299 e. The average molecular weight is 238 g/mol. The van der Waals surface area contributed by atoms with Crippen molar-refractivity contribution in [3.8, 4) is 0 Å². The fraction of sp³-hybridized carbons (Fsp3) is 0.462. The number of hydrogen-bond donors (Lipinski definition) is 2. The summed E-state index contributed by atoms with van der Waals surface area (Å²) in [7, 11) is 0. The fourth-order valence-corrected chi connectivity index (χ4v) is 1.32. The van der Waals surface area contributed by atoms with Crippen molar-refractivity contribution < 1.29 is 9.18 Å². The van der Waals surface area contributed by atoms with Crippen molar-refractivity contribution in [3.63, 3.8) is 0 Å². The van der Waals surface area contributed by atoms with Gasteiger partial charge in [-0.25, -0.2) is 4.39 Å². The minimum atomic E-state index is -0.293. The molecule has 0 radical (unpaired) electrons. The van der Waals surface area contributed by atoms with Crippen molar-refractivity contribution in [3.05, 3.63) is 30.1 Å². The third-order valence-electron chi connectivity index (χ3n) is 2.75. The quantitative estimate of drug-likeness (QED) is 0.748. The predicted molar refractivity (Wildman–Crippen MR) is 66.9 cm³/mol. The van der Waals surface area contributed by atoms with E-state index in [0.29, 0.717) is 18.0 Å². The van der Waals surface area contributed by atoms with E-state index in [-0.39, 0.29) is 11.7 Å². The molecule has 0 saturated carbocycles. The van der Waals surface area contributed by atoms with Crippen LogP contribution in [0.1, 0.15) is 33.1 Å². The molecule has 3 nitrogen and oxygen atoms in total. The highest BCUT2D eigenvalue weighted by Crippen LogP contribution is 2.09. The van der Waals surface area contributed by atoms with Gasteiger partial charge < -0.3 is 0 Å². The molecule has 0 saturated heterocycles. The Balaban J connectivity index is 2.26. The van der Waals surface area contributed by atoms with E-state index in [1.54, 1.807) is 12.1 Å². The molecule has 0 aliphatic heterocycles. The van der Waals surface area contributed by atoms with E-state index in [1.807, 2.05) is 0 Å². The third-order valence-corrected chi connectivity index (χ3v) is 2.75. The van der Waals surface area contributed by atoms with Gasteiger partial charge in [0.25, 0.3) is 0 Å². The van der Waals surface area contributed by atoms with E-state index in [0.717, 1.165) is 12.8 Å². The zero-order valence-electron chi connectivity index (χ0n) is 10.3. The first-order chi connectivity index (χ1) is 8.11. The summed E-state index contributed by atoms with van der Waals surface area (Å²) in [6.07, 6.45) is 2.47. The van der Waals surface area contributed by atoms with Gasteiger partial charge in [0, 0.05) is 6.42 Å². The average Bonchev–Trinajstić information content (AvgIpc) is 2.35. The standard InChI is InChI=1S/C13H19FN2O/c1-3-10(2)4-9-13(17)16-15-12-7-5-11(14)6-8-12/h5-8,10,15H,3-4,9H2,1-2H3,(H,16,17). The molecule has 0 aliphatic rings. The molecule has 1 aromatic carbocycles. The van der Waals surface area contributed by atoms with E-state index in [9.17, 15) is 9.18 Å². The highest BCUT2D eigenvalue weighted by molar-refractivity contribution is 5.77. The van der Waals surface area contributed by atoms with Crippen LogP contribution in [0.3, 0.4) is 0 Å². The van der Waals surface area contributed by atoms with Crippen LogP contribution in [-0.4, -0.2) is 5.91 Å². The zero-order chi connectivity index (χ0) is 12.7. The molecule has 2 N–H and O–H groups in total. The summed E-state index contributed by atoms with van der Waals surface area (Å²) in [6.45, 7) is 4.24. The van der Waals surface area contributed by atoms with Crippen LogP contribution >= 0.6 is 0 Å². The molecule has 17 heavy (non-hydrogen) atoms. The summed E-state index contributed by atoms with van der Waals surface area (Å²) >= 11 is 0. The number of carbonyl (C=O) groups excluding carboxylic acids is 1. The number of anilines is 1.